The molecule has 0 aliphatic heterocycles. The number of halogens is 1. The van der Waals surface area contributed by atoms with Gasteiger partial charge in [0.15, 0.2) is 0 Å². The Hall–Kier alpha value is -1.12. The first kappa shape index (κ1) is 12.3. The summed E-state index contributed by atoms with van der Waals surface area (Å²) in [5, 5.41) is 1.65. The Balaban J connectivity index is 2.40. The average Bonchev–Trinajstić information content (AvgIpc) is 2.77. The van der Waals surface area contributed by atoms with Crippen molar-refractivity contribution in [1.82, 2.24) is 4.98 Å². The summed E-state index contributed by atoms with van der Waals surface area (Å²) >= 11 is 4.23. The second kappa shape index (κ2) is 4.63. The number of rotatable bonds is 3. The normalized spacial score (nSPS) is 11.4. The van der Waals surface area contributed by atoms with Gasteiger partial charge in [0.2, 0.25) is 0 Å². The van der Waals surface area contributed by atoms with Gasteiger partial charge in [-0.1, -0.05) is 6.07 Å². The van der Waals surface area contributed by atoms with Crippen LogP contribution in [0.15, 0.2) is 43.3 Å². The Morgan fingerprint density at radius 1 is 1.41 bits per heavy atom. The van der Waals surface area contributed by atoms with Crippen molar-refractivity contribution in [2.75, 3.05) is 4.72 Å². The highest BCUT2D eigenvalue weighted by Gasteiger charge is 2.16. The van der Waals surface area contributed by atoms with E-state index in [1.165, 1.54) is 18.3 Å². The number of aromatic nitrogens is 1. The van der Waals surface area contributed by atoms with Crippen molar-refractivity contribution in [2.24, 2.45) is 0 Å². The number of thiophene rings is 1. The molecule has 0 saturated heterocycles. The van der Waals surface area contributed by atoms with Crippen LogP contribution >= 0.6 is 27.3 Å². The van der Waals surface area contributed by atoms with Gasteiger partial charge in [0, 0.05) is 10.7 Å². The van der Waals surface area contributed by atoms with E-state index in [2.05, 4.69) is 25.6 Å². The van der Waals surface area contributed by atoms with Gasteiger partial charge < -0.3 is 4.98 Å². The molecule has 0 bridgehead atoms. The zero-order valence-electron chi connectivity index (χ0n) is 8.31. The van der Waals surface area contributed by atoms with E-state index in [0.29, 0.717) is 4.47 Å². The smallest absolute Gasteiger partial charge is 0.272 e. The van der Waals surface area contributed by atoms with E-state index in [1.807, 2.05) is 0 Å². The number of pyridine rings is 1. The van der Waals surface area contributed by atoms with E-state index in [0.717, 1.165) is 11.3 Å². The van der Waals surface area contributed by atoms with Crippen molar-refractivity contribution in [2.45, 2.75) is 4.21 Å². The molecule has 2 aromatic heterocycles. The van der Waals surface area contributed by atoms with Crippen LogP contribution in [0.1, 0.15) is 0 Å². The van der Waals surface area contributed by atoms with Gasteiger partial charge in [-0.15, -0.1) is 11.3 Å². The molecular weight excluding hydrogens is 328 g/mol. The highest BCUT2D eigenvalue weighted by atomic mass is 79.9. The third-order valence-corrected chi connectivity index (χ3v) is 5.09. The van der Waals surface area contributed by atoms with E-state index < -0.39 is 15.6 Å². The maximum Gasteiger partial charge on any atom is 0.272 e. The van der Waals surface area contributed by atoms with Gasteiger partial charge in [-0.25, -0.2) is 8.42 Å². The highest BCUT2D eigenvalue weighted by Crippen LogP contribution is 2.19. The van der Waals surface area contributed by atoms with Crippen molar-refractivity contribution in [3.8, 4) is 0 Å². The predicted octanol–water partition coefficient (Wildman–Crippen LogP) is 2.00. The highest BCUT2D eigenvalue weighted by molar-refractivity contribution is 9.10. The van der Waals surface area contributed by atoms with Crippen LogP contribution in [0.5, 0.6) is 0 Å². The quantitative estimate of drug-likeness (QED) is 0.900. The molecule has 5 nitrogen and oxygen atoms in total. The molecule has 90 valence electrons. The standard InChI is InChI=1S/C9H7BrN2O3S2/c10-6-4-7(9(13)11-5-6)12-17(14,15)8-2-1-3-16-8/h1-5,12H,(H,11,13). The number of nitrogens with one attached hydrogen (secondary N) is 2. The Labute approximate surface area is 110 Å². The van der Waals surface area contributed by atoms with Crippen LogP contribution in [-0.2, 0) is 10.0 Å². The molecule has 8 heteroatoms. The maximum atomic E-state index is 11.9. The predicted molar refractivity (Wildman–Crippen MR) is 69.9 cm³/mol. The van der Waals surface area contributed by atoms with Crippen molar-refractivity contribution in [1.29, 1.82) is 0 Å². The summed E-state index contributed by atoms with van der Waals surface area (Å²) in [6.07, 6.45) is 1.44. The largest absolute Gasteiger partial charge is 0.326 e. The molecular formula is C9H7BrN2O3S2. The molecule has 2 aromatic rings. The number of aromatic amines is 1. The number of hydrogen-bond donors (Lipinski definition) is 2. The summed E-state index contributed by atoms with van der Waals surface area (Å²) in [7, 11) is -3.68. The lowest BCUT2D eigenvalue weighted by atomic mass is 10.4. The first-order chi connectivity index (χ1) is 7.99. The topological polar surface area (TPSA) is 79.0 Å². The van der Waals surface area contributed by atoms with Crippen LogP contribution in [0.2, 0.25) is 0 Å². The molecule has 17 heavy (non-hydrogen) atoms. The molecule has 0 radical (unpaired) electrons. The van der Waals surface area contributed by atoms with Crippen LogP contribution in [0.4, 0.5) is 5.69 Å². The van der Waals surface area contributed by atoms with Crippen LogP contribution in [0, 0.1) is 0 Å². The lowest BCUT2D eigenvalue weighted by Crippen LogP contribution is -2.19. The average molecular weight is 335 g/mol. The Bertz CT molecular complexity index is 677. The number of anilines is 1. The molecule has 2 heterocycles. The molecule has 0 aliphatic carbocycles. The summed E-state index contributed by atoms with van der Waals surface area (Å²) in [5.41, 5.74) is -0.513. The summed E-state index contributed by atoms with van der Waals surface area (Å²) in [4.78, 5) is 13.8. The minimum atomic E-state index is -3.68. The summed E-state index contributed by atoms with van der Waals surface area (Å²) in [6, 6.07) is 4.51. The van der Waals surface area contributed by atoms with Crippen LogP contribution in [0.25, 0.3) is 0 Å². The second-order valence-corrected chi connectivity index (χ2v) is 6.87. The van der Waals surface area contributed by atoms with Crippen LogP contribution in [-0.4, -0.2) is 13.4 Å². The summed E-state index contributed by atoms with van der Waals surface area (Å²) in [6.45, 7) is 0. The van der Waals surface area contributed by atoms with Gasteiger partial charge >= 0.3 is 0 Å². The molecule has 2 rings (SSSR count). The molecule has 0 atom stereocenters. The van der Waals surface area contributed by atoms with E-state index in [1.54, 1.807) is 11.4 Å². The van der Waals surface area contributed by atoms with Crippen molar-refractivity contribution in [3.05, 3.63) is 44.6 Å². The van der Waals surface area contributed by atoms with E-state index in [-0.39, 0.29) is 9.90 Å². The Morgan fingerprint density at radius 2 is 2.18 bits per heavy atom. The monoisotopic (exact) mass is 334 g/mol. The van der Waals surface area contributed by atoms with Crippen LogP contribution < -0.4 is 10.3 Å². The lowest BCUT2D eigenvalue weighted by molar-refractivity contribution is 0.603. The maximum absolute atomic E-state index is 11.9. The van der Waals surface area contributed by atoms with E-state index in [9.17, 15) is 13.2 Å². The second-order valence-electron chi connectivity index (χ2n) is 3.10. The number of hydrogen-bond acceptors (Lipinski definition) is 4. The zero-order valence-corrected chi connectivity index (χ0v) is 11.5. The van der Waals surface area contributed by atoms with Crippen LogP contribution in [0.3, 0.4) is 0 Å². The molecule has 0 aliphatic rings. The van der Waals surface area contributed by atoms with Crippen molar-refractivity contribution in [3.63, 3.8) is 0 Å². The van der Waals surface area contributed by atoms with Gasteiger partial charge in [-0.2, -0.15) is 0 Å². The van der Waals surface area contributed by atoms with E-state index in [4.69, 9.17) is 0 Å². The number of H-pyrrole nitrogens is 1. The summed E-state index contributed by atoms with van der Waals surface area (Å²) in [5.74, 6) is 0. The Morgan fingerprint density at radius 3 is 2.82 bits per heavy atom. The van der Waals surface area contributed by atoms with Gasteiger partial charge in [0.05, 0.1) is 0 Å². The molecule has 0 fully saturated rings. The van der Waals surface area contributed by atoms with Crippen molar-refractivity contribution < 1.29 is 8.42 Å². The van der Waals surface area contributed by atoms with Gasteiger partial charge in [-0.3, -0.25) is 9.52 Å². The molecule has 0 aromatic carbocycles. The van der Waals surface area contributed by atoms with Crippen molar-refractivity contribution >= 4 is 43.0 Å². The lowest BCUT2D eigenvalue weighted by Gasteiger charge is -2.05. The molecule has 2 N–H and O–H groups in total. The van der Waals surface area contributed by atoms with Gasteiger partial charge in [-0.05, 0) is 33.4 Å². The molecule has 0 saturated carbocycles. The van der Waals surface area contributed by atoms with Gasteiger partial charge in [0.1, 0.15) is 9.90 Å². The van der Waals surface area contributed by atoms with Gasteiger partial charge in [0.25, 0.3) is 15.6 Å². The first-order valence-corrected chi connectivity index (χ1v) is 7.59. The summed E-state index contributed by atoms with van der Waals surface area (Å²) < 4.78 is 26.7. The zero-order chi connectivity index (χ0) is 12.5. The molecule has 0 spiro atoms. The van der Waals surface area contributed by atoms with E-state index >= 15 is 0 Å². The minimum Gasteiger partial charge on any atom is -0.326 e. The Kier molecular flexibility index (Phi) is 3.36. The SMILES string of the molecule is O=c1[nH]cc(Br)cc1NS(=O)(=O)c1cccs1. The molecule has 0 unspecified atom stereocenters. The fraction of sp³-hybridized carbons (Fsp3) is 0. The minimum absolute atomic E-state index is 0.0206. The number of sulfonamides is 1. The third-order valence-electron chi connectivity index (χ3n) is 1.87. The fourth-order valence-corrected chi connectivity index (χ4v) is 3.53. The fourth-order valence-electron chi connectivity index (χ4n) is 1.14. The third kappa shape index (κ3) is 2.76. The first-order valence-electron chi connectivity index (χ1n) is 4.43. The molecule has 0 amide bonds.